The topological polar surface area (TPSA) is 121 Å². The van der Waals surface area contributed by atoms with Crippen molar-refractivity contribution in [2.45, 2.75) is 11.4 Å². The van der Waals surface area contributed by atoms with Crippen molar-refractivity contribution < 1.29 is 26.3 Å². The number of urea groups is 1. The summed E-state index contributed by atoms with van der Waals surface area (Å²) in [5.41, 5.74) is 4.67. The van der Waals surface area contributed by atoms with Crippen LogP contribution in [0.1, 0.15) is 6.99 Å². The van der Waals surface area contributed by atoms with Crippen LogP contribution in [0.2, 0.25) is 0 Å². The van der Waals surface area contributed by atoms with Crippen LogP contribution in [0.4, 0.5) is 4.79 Å². The fraction of sp³-hybridized carbons (Fsp3) is 0.261. The molecular formula is C23H29N3O5S. The van der Waals surface area contributed by atoms with E-state index in [4.69, 9.17) is 9.15 Å². The number of amides is 2. The van der Waals surface area contributed by atoms with Gasteiger partial charge in [-0.1, -0.05) is 12.1 Å². The second-order valence-electron chi connectivity index (χ2n) is 7.58. The van der Waals surface area contributed by atoms with E-state index >= 15 is 0 Å². The van der Waals surface area contributed by atoms with Gasteiger partial charge in [0.25, 0.3) is 0 Å². The number of furan rings is 1. The Labute approximate surface area is 192 Å². The summed E-state index contributed by atoms with van der Waals surface area (Å²) in [6, 6.07) is 16.0. The van der Waals surface area contributed by atoms with Gasteiger partial charge in [-0.3, -0.25) is 0 Å². The minimum Gasteiger partial charge on any atom is -0.497 e. The maximum Gasteiger partial charge on any atom is 0.318 e. The first-order valence-electron chi connectivity index (χ1n) is 9.93. The molecule has 3 heterocycles. The zero-order valence-electron chi connectivity index (χ0n) is 17.8. The zero-order valence-corrected chi connectivity index (χ0v) is 18.6. The molecule has 0 radical (unpaired) electrons. The molecule has 0 atom stereocenters. The molecule has 5 N–H and O–H groups in total. The summed E-state index contributed by atoms with van der Waals surface area (Å²) in [4.78, 5) is 15.7. The summed E-state index contributed by atoms with van der Waals surface area (Å²) in [6.07, 6.45) is 1.72. The van der Waals surface area contributed by atoms with Crippen molar-refractivity contribution in [2.24, 2.45) is 0 Å². The minimum atomic E-state index is -0.0168. The Morgan fingerprint density at radius 2 is 1.88 bits per heavy atom. The van der Waals surface area contributed by atoms with E-state index in [-0.39, 0.29) is 18.4 Å². The van der Waals surface area contributed by atoms with Gasteiger partial charge in [0.15, 0.2) is 0 Å². The molecule has 0 fully saturated rings. The molecule has 0 saturated heterocycles. The highest BCUT2D eigenvalue weighted by molar-refractivity contribution is 7.97. The number of methoxy groups -OCH3 is 1. The summed E-state index contributed by atoms with van der Waals surface area (Å²) in [5, 5.41) is 4.15. The lowest BCUT2D eigenvalue weighted by atomic mass is 10.2. The molecule has 172 valence electrons. The average molecular weight is 460 g/mol. The van der Waals surface area contributed by atoms with Crippen molar-refractivity contribution in [2.75, 3.05) is 33.3 Å². The number of ether oxygens (including phenoxy) is 1. The lowest BCUT2D eigenvalue weighted by Crippen LogP contribution is -2.40. The van der Waals surface area contributed by atoms with Crippen molar-refractivity contribution in [3.8, 4) is 5.75 Å². The molecule has 0 bridgehead atoms. The minimum absolute atomic E-state index is 0. The maximum absolute atomic E-state index is 12.6. The third-order valence-corrected chi connectivity index (χ3v) is 6.50. The summed E-state index contributed by atoms with van der Waals surface area (Å²) < 4.78 is 13.0. The lowest BCUT2D eigenvalue weighted by molar-refractivity contribution is 0.208. The van der Waals surface area contributed by atoms with Crippen LogP contribution in [0.5, 0.6) is 5.75 Å². The highest BCUT2D eigenvalue weighted by atomic mass is 32.2. The Kier molecular flexibility index (Phi) is 7.47. The van der Waals surface area contributed by atoms with Crippen LogP contribution in [-0.2, 0) is 6.54 Å². The van der Waals surface area contributed by atoms with E-state index in [0.717, 1.165) is 35.4 Å². The van der Waals surface area contributed by atoms with E-state index in [1.807, 2.05) is 41.3 Å². The number of carbonyl (C=O) groups excluding carboxylic acids is 1. The van der Waals surface area contributed by atoms with Gasteiger partial charge >= 0.3 is 6.03 Å². The molecule has 8 nitrogen and oxygen atoms in total. The number of nitrogens with zero attached hydrogens (tertiary/aromatic N) is 2. The molecule has 32 heavy (non-hydrogen) atoms. The molecule has 2 amide bonds. The van der Waals surface area contributed by atoms with E-state index in [1.165, 1.54) is 16.0 Å². The van der Waals surface area contributed by atoms with Gasteiger partial charge in [0.1, 0.15) is 11.3 Å². The van der Waals surface area contributed by atoms with Gasteiger partial charge < -0.3 is 30.3 Å². The summed E-state index contributed by atoms with van der Waals surface area (Å²) >= 11 is 1.77. The number of fused-ring (bicyclic) bond motifs is 1. The Morgan fingerprint density at radius 1 is 1.09 bits per heavy atom. The average Bonchev–Trinajstić information content (AvgIpc) is 3.46. The molecule has 5 rings (SSSR count). The molecule has 2 aromatic carbocycles. The Balaban J connectivity index is 0.00000128. The molecule has 1 aromatic heterocycles. The largest absolute Gasteiger partial charge is 0.497 e. The van der Waals surface area contributed by atoms with Gasteiger partial charge in [0.2, 0.25) is 0 Å². The number of hydrogen-bond acceptors (Lipinski definition) is 5. The molecule has 2 aliphatic rings. The predicted octanol–water partition coefficient (Wildman–Crippen LogP) is 2.88. The molecular weight excluding hydrogens is 430 g/mol. The third-order valence-electron chi connectivity index (χ3n) is 5.52. The van der Waals surface area contributed by atoms with Gasteiger partial charge in [-0.25, -0.2) is 9.10 Å². The van der Waals surface area contributed by atoms with E-state index < -0.39 is 0 Å². The van der Waals surface area contributed by atoms with E-state index in [9.17, 15) is 4.79 Å². The first-order valence-corrected chi connectivity index (χ1v) is 10.7. The monoisotopic (exact) mass is 459 g/mol. The van der Waals surface area contributed by atoms with Crippen LogP contribution in [0.15, 0.2) is 75.3 Å². The molecule has 0 unspecified atom stereocenters. The van der Waals surface area contributed by atoms with Crippen LogP contribution >= 0.6 is 11.9 Å². The van der Waals surface area contributed by atoms with Crippen LogP contribution in [0, 0.1) is 0 Å². The Bertz CT molecular complexity index is 1120. The molecule has 0 spiro atoms. The molecule has 3 aromatic rings. The summed E-state index contributed by atoms with van der Waals surface area (Å²) in [7, 11) is 1.65. The van der Waals surface area contributed by atoms with Crippen molar-refractivity contribution in [1.29, 1.82) is 0 Å². The van der Waals surface area contributed by atoms with Crippen molar-refractivity contribution in [1.82, 2.24) is 14.5 Å². The zero-order chi connectivity index (χ0) is 20.5. The van der Waals surface area contributed by atoms with Gasteiger partial charge in [0, 0.05) is 44.4 Å². The molecule has 2 aliphatic heterocycles. The second kappa shape index (κ2) is 10.1. The maximum atomic E-state index is 12.6. The lowest BCUT2D eigenvalue weighted by Gasteiger charge is -2.22. The van der Waals surface area contributed by atoms with E-state index in [2.05, 4.69) is 21.8 Å². The van der Waals surface area contributed by atoms with Crippen molar-refractivity contribution in [3.05, 3.63) is 71.5 Å². The Hall–Kier alpha value is -2.98. The van der Waals surface area contributed by atoms with Gasteiger partial charge in [-0.05, 0) is 65.1 Å². The van der Waals surface area contributed by atoms with Gasteiger partial charge in [0.05, 0.1) is 13.4 Å². The highest BCUT2D eigenvalue weighted by Crippen LogP contribution is 2.34. The predicted molar refractivity (Wildman–Crippen MR) is 127 cm³/mol. The van der Waals surface area contributed by atoms with Crippen LogP contribution in [0.3, 0.4) is 0 Å². The smallest absolute Gasteiger partial charge is 0.318 e. The van der Waals surface area contributed by atoms with Gasteiger partial charge in [-0.15, -0.1) is 0 Å². The standard InChI is InChI=1S/C23H23N3O3S.2H2O.H2/c1-28-20-4-2-3-16(9-20)11-24-23(27)25-12-18-14-26(15-19(18)13-25)30-21-5-6-22-17(10-21)7-8-29-22;;;/h2-10H,11-15H2,1H3,(H,24,27);2*1H2;1H. The SMILES string of the molecule is COc1cccc(CNC(=O)N2CC3=C(CN(Sc4ccc5occc5c4)C3)C2)c1.O.O.[HH]. The van der Waals surface area contributed by atoms with Crippen molar-refractivity contribution in [3.63, 3.8) is 0 Å². The summed E-state index contributed by atoms with van der Waals surface area (Å²) in [6.45, 7) is 3.69. The second-order valence-corrected chi connectivity index (χ2v) is 8.75. The quantitative estimate of drug-likeness (QED) is 0.464. The van der Waals surface area contributed by atoms with Crippen LogP contribution < -0.4 is 10.1 Å². The molecule has 0 saturated carbocycles. The fourth-order valence-electron chi connectivity index (χ4n) is 3.98. The van der Waals surface area contributed by atoms with E-state index in [1.54, 1.807) is 25.3 Å². The Morgan fingerprint density at radius 3 is 2.62 bits per heavy atom. The highest BCUT2D eigenvalue weighted by Gasteiger charge is 2.32. The summed E-state index contributed by atoms with van der Waals surface area (Å²) in [5.74, 6) is 0.799. The number of nitrogens with one attached hydrogen (secondary N) is 1. The van der Waals surface area contributed by atoms with Gasteiger partial charge in [-0.2, -0.15) is 0 Å². The van der Waals surface area contributed by atoms with Crippen LogP contribution in [-0.4, -0.2) is 59.5 Å². The van der Waals surface area contributed by atoms with E-state index in [0.29, 0.717) is 19.6 Å². The number of benzene rings is 2. The first-order chi connectivity index (χ1) is 14.7. The number of hydrogen-bond donors (Lipinski definition) is 1. The first kappa shape index (κ1) is 23.7. The number of carbonyl (C=O) groups is 1. The normalized spacial score (nSPS) is 15.3. The van der Waals surface area contributed by atoms with Crippen molar-refractivity contribution >= 4 is 28.9 Å². The number of rotatable bonds is 5. The molecule has 9 heteroatoms. The molecule has 0 aliphatic carbocycles. The fourth-order valence-corrected chi connectivity index (χ4v) is 5.02. The third kappa shape index (κ3) is 4.91. The van der Waals surface area contributed by atoms with Crippen LogP contribution in [0.25, 0.3) is 11.0 Å².